The number of hydrogen-bond donors (Lipinski definition) is 1. The van der Waals surface area contributed by atoms with Crippen molar-refractivity contribution in [3.05, 3.63) is 0 Å². The summed E-state index contributed by atoms with van der Waals surface area (Å²) >= 11 is 0. The highest BCUT2D eigenvalue weighted by Crippen LogP contribution is 2.25. The van der Waals surface area contributed by atoms with E-state index in [-0.39, 0.29) is 5.91 Å². The predicted octanol–water partition coefficient (Wildman–Crippen LogP) is 0.929. The summed E-state index contributed by atoms with van der Waals surface area (Å²) in [7, 11) is 3.62. The minimum atomic E-state index is 0.222. The van der Waals surface area contributed by atoms with Crippen molar-refractivity contribution in [3.63, 3.8) is 0 Å². The summed E-state index contributed by atoms with van der Waals surface area (Å²) in [6, 6.07) is 0.858. The molecular weight excluding hydrogens is 214 g/mol. The molecule has 0 radical (unpaired) electrons. The van der Waals surface area contributed by atoms with Gasteiger partial charge in [0.25, 0.3) is 0 Å². The topological polar surface area (TPSA) is 35.6 Å². The lowest BCUT2D eigenvalue weighted by atomic mass is 10.3. The van der Waals surface area contributed by atoms with Crippen LogP contribution >= 0.6 is 0 Å². The number of nitrogens with zero attached hydrogens (tertiary/aromatic N) is 2. The van der Waals surface area contributed by atoms with Crippen molar-refractivity contribution in [1.29, 1.82) is 0 Å². The summed E-state index contributed by atoms with van der Waals surface area (Å²) in [6.07, 6.45) is 4.35. The first-order valence-corrected chi connectivity index (χ1v) is 6.80. The van der Waals surface area contributed by atoms with E-state index in [0.717, 1.165) is 38.6 Å². The van der Waals surface area contributed by atoms with Gasteiger partial charge in [0, 0.05) is 39.6 Å². The molecule has 1 saturated carbocycles. The number of carbonyl (C=O) groups excluding carboxylic acids is 1. The van der Waals surface area contributed by atoms with Gasteiger partial charge in [-0.2, -0.15) is 0 Å². The van der Waals surface area contributed by atoms with Crippen LogP contribution in [0, 0.1) is 0 Å². The second-order valence-electron chi connectivity index (χ2n) is 5.00. The van der Waals surface area contributed by atoms with Crippen LogP contribution in [0.25, 0.3) is 0 Å². The molecule has 0 saturated heterocycles. The number of amides is 1. The normalized spacial score (nSPS) is 15.3. The highest BCUT2D eigenvalue weighted by atomic mass is 16.2. The average molecular weight is 241 g/mol. The minimum absolute atomic E-state index is 0.222. The number of carbonyl (C=O) groups is 1. The van der Waals surface area contributed by atoms with E-state index in [2.05, 4.69) is 17.1 Å². The molecule has 0 aliphatic heterocycles. The van der Waals surface area contributed by atoms with Crippen molar-refractivity contribution in [2.24, 2.45) is 0 Å². The van der Waals surface area contributed by atoms with Crippen LogP contribution in [-0.2, 0) is 4.79 Å². The standard InChI is InChI=1S/C13H27N3O/c1-4-16(12-7-8-12)11-10-14-9-5-6-13(17)15(2)3/h12,14H,4-11H2,1-3H3. The maximum atomic E-state index is 11.3. The predicted molar refractivity (Wildman–Crippen MR) is 71.1 cm³/mol. The van der Waals surface area contributed by atoms with Crippen molar-refractivity contribution in [1.82, 2.24) is 15.1 Å². The molecule has 0 aromatic heterocycles. The van der Waals surface area contributed by atoms with E-state index in [1.165, 1.54) is 12.8 Å². The van der Waals surface area contributed by atoms with Crippen LogP contribution in [0.5, 0.6) is 0 Å². The van der Waals surface area contributed by atoms with Gasteiger partial charge in [-0.1, -0.05) is 6.92 Å². The molecule has 4 heteroatoms. The molecule has 0 spiro atoms. The van der Waals surface area contributed by atoms with Crippen LogP contribution in [0.2, 0.25) is 0 Å². The molecule has 0 unspecified atom stereocenters. The average Bonchev–Trinajstić information content (AvgIpc) is 3.11. The SMILES string of the molecule is CCN(CCNCCCC(=O)N(C)C)C1CC1. The summed E-state index contributed by atoms with van der Waals surface area (Å²) in [5.74, 6) is 0.222. The van der Waals surface area contributed by atoms with Gasteiger partial charge in [0.05, 0.1) is 0 Å². The Kier molecular flexibility index (Phi) is 6.52. The molecule has 0 aromatic rings. The Morgan fingerprint density at radius 2 is 2.00 bits per heavy atom. The molecule has 0 atom stereocenters. The molecule has 1 amide bonds. The molecule has 17 heavy (non-hydrogen) atoms. The van der Waals surface area contributed by atoms with Gasteiger partial charge in [0.15, 0.2) is 0 Å². The molecule has 4 nitrogen and oxygen atoms in total. The maximum Gasteiger partial charge on any atom is 0.222 e. The third-order valence-electron chi connectivity index (χ3n) is 3.29. The van der Waals surface area contributed by atoms with E-state index in [1.807, 2.05) is 14.1 Å². The van der Waals surface area contributed by atoms with Crippen molar-refractivity contribution < 1.29 is 4.79 Å². The summed E-state index contributed by atoms with van der Waals surface area (Å²) in [5, 5.41) is 3.41. The van der Waals surface area contributed by atoms with E-state index in [9.17, 15) is 4.79 Å². The van der Waals surface area contributed by atoms with Gasteiger partial charge < -0.3 is 10.2 Å². The monoisotopic (exact) mass is 241 g/mol. The Labute approximate surface area is 105 Å². The van der Waals surface area contributed by atoms with Crippen LogP contribution in [0.3, 0.4) is 0 Å². The van der Waals surface area contributed by atoms with Crippen LogP contribution in [0.15, 0.2) is 0 Å². The fourth-order valence-corrected chi connectivity index (χ4v) is 1.97. The van der Waals surface area contributed by atoms with E-state index in [1.54, 1.807) is 4.90 Å². The molecule has 0 heterocycles. The number of rotatable bonds is 9. The van der Waals surface area contributed by atoms with Crippen LogP contribution in [0.4, 0.5) is 0 Å². The molecule has 1 N–H and O–H groups in total. The quantitative estimate of drug-likeness (QED) is 0.610. The highest BCUT2D eigenvalue weighted by molar-refractivity contribution is 5.75. The van der Waals surface area contributed by atoms with E-state index in [0.29, 0.717) is 6.42 Å². The second kappa shape index (κ2) is 7.67. The summed E-state index contributed by atoms with van der Waals surface area (Å²) in [6.45, 7) is 6.52. The Hall–Kier alpha value is -0.610. The molecule has 1 aliphatic carbocycles. The molecule has 1 aliphatic rings. The minimum Gasteiger partial charge on any atom is -0.349 e. The zero-order chi connectivity index (χ0) is 12.7. The van der Waals surface area contributed by atoms with E-state index >= 15 is 0 Å². The highest BCUT2D eigenvalue weighted by Gasteiger charge is 2.26. The van der Waals surface area contributed by atoms with Crippen LogP contribution in [0.1, 0.15) is 32.6 Å². The zero-order valence-electron chi connectivity index (χ0n) is 11.5. The number of nitrogens with one attached hydrogen (secondary N) is 1. The Balaban J connectivity index is 1.91. The first kappa shape index (κ1) is 14.5. The first-order chi connectivity index (χ1) is 8.15. The van der Waals surface area contributed by atoms with Gasteiger partial charge in [0.1, 0.15) is 0 Å². The van der Waals surface area contributed by atoms with Gasteiger partial charge in [-0.05, 0) is 32.4 Å². The number of likely N-dealkylation sites (N-methyl/N-ethyl adjacent to an activating group) is 1. The van der Waals surface area contributed by atoms with E-state index < -0.39 is 0 Å². The van der Waals surface area contributed by atoms with Crippen molar-refractivity contribution >= 4 is 5.91 Å². The lowest BCUT2D eigenvalue weighted by molar-refractivity contribution is -0.128. The maximum absolute atomic E-state index is 11.3. The first-order valence-electron chi connectivity index (χ1n) is 6.80. The molecule has 0 aromatic carbocycles. The van der Waals surface area contributed by atoms with E-state index in [4.69, 9.17) is 0 Å². The smallest absolute Gasteiger partial charge is 0.222 e. The number of hydrogen-bond acceptors (Lipinski definition) is 3. The van der Waals surface area contributed by atoms with Gasteiger partial charge >= 0.3 is 0 Å². The lowest BCUT2D eigenvalue weighted by Gasteiger charge is -2.19. The molecule has 100 valence electrons. The third kappa shape index (κ3) is 6.03. The summed E-state index contributed by atoms with van der Waals surface area (Å²) < 4.78 is 0. The van der Waals surface area contributed by atoms with Gasteiger partial charge in [-0.25, -0.2) is 0 Å². The van der Waals surface area contributed by atoms with Crippen molar-refractivity contribution in [3.8, 4) is 0 Å². The molecule has 1 fully saturated rings. The Bertz CT molecular complexity index is 227. The molecular formula is C13H27N3O. The second-order valence-corrected chi connectivity index (χ2v) is 5.00. The van der Waals surface area contributed by atoms with Crippen LogP contribution < -0.4 is 5.32 Å². The summed E-state index contributed by atoms with van der Waals surface area (Å²) in [4.78, 5) is 15.5. The summed E-state index contributed by atoms with van der Waals surface area (Å²) in [5.41, 5.74) is 0. The van der Waals surface area contributed by atoms with Crippen molar-refractivity contribution in [2.45, 2.75) is 38.6 Å². The fourth-order valence-electron chi connectivity index (χ4n) is 1.97. The molecule has 1 rings (SSSR count). The fraction of sp³-hybridized carbons (Fsp3) is 0.923. The zero-order valence-corrected chi connectivity index (χ0v) is 11.5. The van der Waals surface area contributed by atoms with Crippen molar-refractivity contribution in [2.75, 3.05) is 40.3 Å². The Morgan fingerprint density at radius 1 is 1.29 bits per heavy atom. The largest absolute Gasteiger partial charge is 0.349 e. The third-order valence-corrected chi connectivity index (χ3v) is 3.29. The van der Waals surface area contributed by atoms with Gasteiger partial charge in [0.2, 0.25) is 5.91 Å². The van der Waals surface area contributed by atoms with Crippen LogP contribution in [-0.4, -0.2) is 62.0 Å². The van der Waals surface area contributed by atoms with Gasteiger partial charge in [-0.3, -0.25) is 9.69 Å². The van der Waals surface area contributed by atoms with Gasteiger partial charge in [-0.15, -0.1) is 0 Å². The Morgan fingerprint density at radius 3 is 2.53 bits per heavy atom. The lowest BCUT2D eigenvalue weighted by Crippen LogP contribution is -2.34. The molecule has 0 bridgehead atoms.